The van der Waals surface area contributed by atoms with Crippen LogP contribution in [0.5, 0.6) is 0 Å². The summed E-state index contributed by atoms with van der Waals surface area (Å²) in [6.07, 6.45) is 12.9. The number of unbranched alkanes of at least 4 members (excludes halogenated alkanes) is 5. The third-order valence-electron chi connectivity index (χ3n) is 3.22. The van der Waals surface area contributed by atoms with E-state index in [0.717, 1.165) is 5.92 Å². The molecule has 1 atom stereocenters. The first-order valence-corrected chi connectivity index (χ1v) is 6.96. The topological polar surface area (TPSA) is 3.24 Å². The van der Waals surface area contributed by atoms with Crippen molar-refractivity contribution in [3.63, 3.8) is 0 Å². The van der Waals surface area contributed by atoms with Gasteiger partial charge in [-0.25, -0.2) is 0 Å². The van der Waals surface area contributed by atoms with Gasteiger partial charge in [0.25, 0.3) is 0 Å². The minimum absolute atomic E-state index is 0.906. The van der Waals surface area contributed by atoms with Gasteiger partial charge in [0.2, 0.25) is 0 Å². The summed E-state index contributed by atoms with van der Waals surface area (Å²) in [5.74, 6) is 0.906. The summed E-state index contributed by atoms with van der Waals surface area (Å²) < 4.78 is 0. The van der Waals surface area contributed by atoms with Crippen molar-refractivity contribution in [1.82, 2.24) is 4.90 Å². The van der Waals surface area contributed by atoms with Gasteiger partial charge in [-0.2, -0.15) is 0 Å². The highest BCUT2D eigenvalue weighted by molar-refractivity contribution is 4.65. The van der Waals surface area contributed by atoms with E-state index in [4.69, 9.17) is 0 Å². The van der Waals surface area contributed by atoms with Crippen LogP contribution < -0.4 is 0 Å². The molecule has 96 valence electrons. The fourth-order valence-corrected chi connectivity index (χ4v) is 2.19. The molecule has 0 aliphatic carbocycles. The smallest absolute Gasteiger partial charge is 0.000346 e. The first kappa shape index (κ1) is 15.7. The van der Waals surface area contributed by atoms with Crippen LogP contribution in [0.1, 0.15) is 58.3 Å². The molecule has 0 bridgehead atoms. The van der Waals surface area contributed by atoms with Crippen LogP contribution in [-0.2, 0) is 0 Å². The molecule has 0 aliphatic rings. The molecule has 0 saturated heterocycles. The first-order valence-electron chi connectivity index (χ1n) is 6.96. The van der Waals surface area contributed by atoms with Crippen LogP contribution in [0.4, 0.5) is 0 Å². The standard InChI is InChI=1S/C15H31N/c1-5-7-8-9-10-11-12-13-15(6-2)14-16(3)4/h5,15H,1,6-14H2,2-4H3. The summed E-state index contributed by atoms with van der Waals surface area (Å²) in [4.78, 5) is 2.32. The van der Waals surface area contributed by atoms with Crippen molar-refractivity contribution in [2.45, 2.75) is 58.3 Å². The summed E-state index contributed by atoms with van der Waals surface area (Å²) in [5, 5.41) is 0. The predicted octanol–water partition coefficient (Wildman–Crippen LogP) is 4.49. The summed E-state index contributed by atoms with van der Waals surface area (Å²) >= 11 is 0. The Balaban J connectivity index is 3.30. The van der Waals surface area contributed by atoms with Crippen molar-refractivity contribution in [2.75, 3.05) is 20.6 Å². The number of allylic oxidation sites excluding steroid dienone is 1. The lowest BCUT2D eigenvalue weighted by atomic mass is 9.97. The monoisotopic (exact) mass is 225 g/mol. The highest BCUT2D eigenvalue weighted by Gasteiger charge is 2.06. The maximum Gasteiger partial charge on any atom is 0.000346 e. The molecule has 1 heteroatoms. The number of hydrogen-bond donors (Lipinski definition) is 0. The Labute approximate surface area is 103 Å². The van der Waals surface area contributed by atoms with E-state index in [1.807, 2.05) is 6.08 Å². The minimum Gasteiger partial charge on any atom is -0.309 e. The Bertz CT molecular complexity index is 152. The van der Waals surface area contributed by atoms with E-state index in [1.165, 1.54) is 57.9 Å². The molecule has 0 saturated carbocycles. The molecule has 0 spiro atoms. The highest BCUT2D eigenvalue weighted by atomic mass is 15.1. The fourth-order valence-electron chi connectivity index (χ4n) is 2.19. The molecule has 0 radical (unpaired) electrons. The Morgan fingerprint density at radius 2 is 1.69 bits per heavy atom. The average molecular weight is 225 g/mol. The van der Waals surface area contributed by atoms with Gasteiger partial charge in [-0.05, 0) is 39.3 Å². The number of nitrogens with zero attached hydrogens (tertiary/aromatic N) is 1. The summed E-state index contributed by atoms with van der Waals surface area (Å²) in [6.45, 7) is 7.33. The quantitative estimate of drug-likeness (QED) is 0.370. The SMILES string of the molecule is C=CCCCCCCCC(CC)CN(C)C. The highest BCUT2D eigenvalue weighted by Crippen LogP contribution is 2.15. The van der Waals surface area contributed by atoms with Crippen LogP contribution in [-0.4, -0.2) is 25.5 Å². The number of rotatable bonds is 11. The fraction of sp³-hybridized carbons (Fsp3) is 0.867. The lowest BCUT2D eigenvalue weighted by Crippen LogP contribution is -2.21. The maximum absolute atomic E-state index is 3.75. The second kappa shape index (κ2) is 11.2. The Morgan fingerprint density at radius 3 is 2.25 bits per heavy atom. The van der Waals surface area contributed by atoms with Crippen LogP contribution in [0.3, 0.4) is 0 Å². The van der Waals surface area contributed by atoms with Crippen LogP contribution in [0.2, 0.25) is 0 Å². The summed E-state index contributed by atoms with van der Waals surface area (Å²) in [7, 11) is 4.36. The van der Waals surface area contributed by atoms with E-state index < -0.39 is 0 Å². The average Bonchev–Trinajstić information content (AvgIpc) is 2.25. The van der Waals surface area contributed by atoms with E-state index >= 15 is 0 Å². The zero-order valence-electron chi connectivity index (χ0n) is 11.7. The van der Waals surface area contributed by atoms with Crippen molar-refractivity contribution in [2.24, 2.45) is 5.92 Å². The third kappa shape index (κ3) is 10.2. The van der Waals surface area contributed by atoms with Crippen LogP contribution in [0.25, 0.3) is 0 Å². The zero-order valence-corrected chi connectivity index (χ0v) is 11.7. The van der Waals surface area contributed by atoms with Gasteiger partial charge >= 0.3 is 0 Å². The lowest BCUT2D eigenvalue weighted by Gasteiger charge is -2.19. The molecule has 0 N–H and O–H groups in total. The molecule has 0 aromatic rings. The maximum atomic E-state index is 3.75. The van der Waals surface area contributed by atoms with Crippen LogP contribution in [0.15, 0.2) is 12.7 Å². The molecule has 0 amide bonds. The Morgan fingerprint density at radius 1 is 1.06 bits per heavy atom. The van der Waals surface area contributed by atoms with Crippen molar-refractivity contribution in [1.29, 1.82) is 0 Å². The molecule has 0 aromatic heterocycles. The lowest BCUT2D eigenvalue weighted by molar-refractivity contribution is 0.299. The third-order valence-corrected chi connectivity index (χ3v) is 3.22. The molecule has 0 aliphatic heterocycles. The second-order valence-electron chi connectivity index (χ2n) is 5.17. The van der Waals surface area contributed by atoms with Crippen molar-refractivity contribution < 1.29 is 0 Å². The van der Waals surface area contributed by atoms with Gasteiger partial charge in [0.1, 0.15) is 0 Å². The first-order chi connectivity index (χ1) is 7.70. The van der Waals surface area contributed by atoms with Gasteiger partial charge in [-0.3, -0.25) is 0 Å². The zero-order chi connectivity index (χ0) is 12.2. The molecule has 16 heavy (non-hydrogen) atoms. The Hall–Kier alpha value is -0.300. The predicted molar refractivity (Wildman–Crippen MR) is 74.9 cm³/mol. The van der Waals surface area contributed by atoms with Gasteiger partial charge in [0.15, 0.2) is 0 Å². The minimum atomic E-state index is 0.906. The molecule has 0 fully saturated rings. The number of hydrogen-bond acceptors (Lipinski definition) is 1. The molecule has 0 aromatic carbocycles. The normalized spacial score (nSPS) is 13.0. The molecule has 1 unspecified atom stereocenters. The van der Waals surface area contributed by atoms with Gasteiger partial charge in [-0.15, -0.1) is 6.58 Å². The molecule has 0 rings (SSSR count). The van der Waals surface area contributed by atoms with Crippen molar-refractivity contribution in [3.05, 3.63) is 12.7 Å². The van der Waals surface area contributed by atoms with Gasteiger partial charge < -0.3 is 4.90 Å². The van der Waals surface area contributed by atoms with E-state index in [-0.39, 0.29) is 0 Å². The molecule has 1 nitrogen and oxygen atoms in total. The van der Waals surface area contributed by atoms with Crippen LogP contribution in [0, 0.1) is 5.92 Å². The van der Waals surface area contributed by atoms with Gasteiger partial charge in [0.05, 0.1) is 0 Å². The van der Waals surface area contributed by atoms with E-state index in [0.29, 0.717) is 0 Å². The summed E-state index contributed by atoms with van der Waals surface area (Å²) in [6, 6.07) is 0. The van der Waals surface area contributed by atoms with E-state index in [2.05, 4.69) is 32.5 Å². The van der Waals surface area contributed by atoms with Crippen LogP contribution >= 0.6 is 0 Å². The van der Waals surface area contributed by atoms with Crippen molar-refractivity contribution >= 4 is 0 Å². The van der Waals surface area contributed by atoms with Gasteiger partial charge in [-0.1, -0.05) is 45.1 Å². The second-order valence-corrected chi connectivity index (χ2v) is 5.17. The molecular weight excluding hydrogens is 194 g/mol. The van der Waals surface area contributed by atoms with Crippen molar-refractivity contribution in [3.8, 4) is 0 Å². The molecule has 0 heterocycles. The van der Waals surface area contributed by atoms with Gasteiger partial charge in [0, 0.05) is 6.54 Å². The Kier molecular flexibility index (Phi) is 11.0. The largest absolute Gasteiger partial charge is 0.309 e. The summed E-state index contributed by atoms with van der Waals surface area (Å²) in [5.41, 5.74) is 0. The van der Waals surface area contributed by atoms with E-state index in [1.54, 1.807) is 0 Å². The molecular formula is C15H31N. The van der Waals surface area contributed by atoms with E-state index in [9.17, 15) is 0 Å².